The van der Waals surface area contributed by atoms with E-state index in [1.807, 2.05) is 6.08 Å². The third kappa shape index (κ3) is 2.18. The first-order chi connectivity index (χ1) is 4.93. The molecule has 10 heavy (non-hydrogen) atoms. The smallest absolute Gasteiger partial charge is 0.0177 e. The molecule has 1 fully saturated rings. The summed E-state index contributed by atoms with van der Waals surface area (Å²) in [5.74, 6) is 0. The van der Waals surface area contributed by atoms with Crippen LogP contribution in [0.1, 0.15) is 25.7 Å². The maximum absolute atomic E-state index is 6.74. The molecule has 0 atom stereocenters. The molecule has 0 aromatic heterocycles. The Morgan fingerprint density at radius 3 is 2.40 bits per heavy atom. The van der Waals surface area contributed by atoms with Crippen molar-refractivity contribution in [3.05, 3.63) is 23.8 Å². The molecule has 54 valence electrons. The van der Waals surface area contributed by atoms with Crippen LogP contribution in [0.15, 0.2) is 23.8 Å². The molecule has 0 spiro atoms. The Morgan fingerprint density at radius 2 is 1.80 bits per heavy atom. The van der Waals surface area contributed by atoms with Crippen LogP contribution in [-0.4, -0.2) is 6.21 Å². The lowest BCUT2D eigenvalue weighted by atomic mass is 10.2. The molecule has 1 saturated carbocycles. The van der Waals surface area contributed by atoms with Crippen molar-refractivity contribution >= 4 is 6.21 Å². The van der Waals surface area contributed by atoms with Gasteiger partial charge in [-0.3, -0.25) is 0 Å². The zero-order valence-electron chi connectivity index (χ0n) is 6.14. The second-order valence-corrected chi connectivity index (χ2v) is 2.58. The van der Waals surface area contributed by atoms with Crippen LogP contribution in [0, 0.1) is 5.41 Å². The van der Waals surface area contributed by atoms with Gasteiger partial charge in [-0.2, -0.15) is 0 Å². The van der Waals surface area contributed by atoms with Crippen LogP contribution in [-0.2, 0) is 0 Å². The summed E-state index contributed by atoms with van der Waals surface area (Å²) in [6, 6.07) is 0. The highest BCUT2D eigenvalue weighted by atomic mass is 14.3. The lowest BCUT2D eigenvalue weighted by Gasteiger charge is -1.87. The van der Waals surface area contributed by atoms with Crippen LogP contribution in [0.4, 0.5) is 0 Å². The maximum Gasteiger partial charge on any atom is 0.0177 e. The van der Waals surface area contributed by atoms with Crippen molar-refractivity contribution in [2.24, 2.45) is 0 Å². The van der Waals surface area contributed by atoms with Gasteiger partial charge in [0.25, 0.3) is 0 Å². The Balaban J connectivity index is 2.37. The number of hydrogen-bond acceptors (Lipinski definition) is 1. The van der Waals surface area contributed by atoms with Gasteiger partial charge in [0.2, 0.25) is 0 Å². The van der Waals surface area contributed by atoms with Crippen molar-refractivity contribution in [1.82, 2.24) is 0 Å². The first-order valence-corrected chi connectivity index (χ1v) is 3.78. The number of rotatable bonds is 2. The topological polar surface area (TPSA) is 23.9 Å². The van der Waals surface area contributed by atoms with E-state index in [-0.39, 0.29) is 0 Å². The maximum atomic E-state index is 6.74. The summed E-state index contributed by atoms with van der Waals surface area (Å²) in [7, 11) is 0. The summed E-state index contributed by atoms with van der Waals surface area (Å²) in [6.07, 6.45) is 12.4. The molecule has 0 saturated heterocycles. The van der Waals surface area contributed by atoms with E-state index in [1.54, 1.807) is 6.08 Å². The van der Waals surface area contributed by atoms with Gasteiger partial charge in [0.05, 0.1) is 0 Å². The fraction of sp³-hybridized carbons (Fsp3) is 0.444. The Hall–Kier alpha value is -0.850. The molecule has 0 unspecified atom stereocenters. The Morgan fingerprint density at radius 1 is 1.10 bits per heavy atom. The normalized spacial score (nSPS) is 18.2. The van der Waals surface area contributed by atoms with Gasteiger partial charge in [-0.15, -0.1) is 0 Å². The molecule has 1 N–H and O–H groups in total. The third-order valence-corrected chi connectivity index (χ3v) is 1.79. The highest BCUT2D eigenvalue weighted by molar-refractivity contribution is 5.68. The van der Waals surface area contributed by atoms with Gasteiger partial charge in [0.15, 0.2) is 0 Å². The molecular weight excluding hydrogens is 122 g/mol. The molecule has 0 bridgehead atoms. The summed E-state index contributed by atoms with van der Waals surface area (Å²) >= 11 is 0. The predicted octanol–water partition coefficient (Wildman–Crippen LogP) is 2.69. The quantitative estimate of drug-likeness (QED) is 0.563. The molecular formula is C9H13N. The van der Waals surface area contributed by atoms with E-state index in [0.717, 1.165) is 0 Å². The van der Waals surface area contributed by atoms with E-state index in [4.69, 9.17) is 5.41 Å². The minimum Gasteiger partial charge on any atom is -0.309 e. The Bertz CT molecular complexity index is 158. The zero-order valence-corrected chi connectivity index (χ0v) is 6.14. The number of allylic oxidation sites excluding steroid dienone is 4. The van der Waals surface area contributed by atoms with E-state index in [1.165, 1.54) is 37.5 Å². The van der Waals surface area contributed by atoms with Gasteiger partial charge in [0, 0.05) is 6.21 Å². The van der Waals surface area contributed by atoms with Crippen LogP contribution in [0.5, 0.6) is 0 Å². The van der Waals surface area contributed by atoms with Gasteiger partial charge < -0.3 is 5.41 Å². The van der Waals surface area contributed by atoms with Gasteiger partial charge in [-0.1, -0.05) is 17.7 Å². The first kappa shape index (κ1) is 7.26. The highest BCUT2D eigenvalue weighted by Crippen LogP contribution is 2.23. The lowest BCUT2D eigenvalue weighted by molar-refractivity contribution is 0.886. The van der Waals surface area contributed by atoms with Gasteiger partial charge >= 0.3 is 0 Å². The minimum absolute atomic E-state index is 1.27. The first-order valence-electron chi connectivity index (χ1n) is 3.78. The van der Waals surface area contributed by atoms with Crippen molar-refractivity contribution < 1.29 is 0 Å². The molecule has 0 aliphatic heterocycles. The van der Waals surface area contributed by atoms with Crippen molar-refractivity contribution in [3.8, 4) is 0 Å². The van der Waals surface area contributed by atoms with Crippen molar-refractivity contribution in [3.63, 3.8) is 0 Å². The van der Waals surface area contributed by atoms with Crippen LogP contribution >= 0.6 is 0 Å². The van der Waals surface area contributed by atoms with Crippen LogP contribution in [0.25, 0.3) is 0 Å². The average molecular weight is 135 g/mol. The summed E-state index contributed by atoms with van der Waals surface area (Å²) in [5, 5.41) is 6.74. The summed E-state index contributed by atoms with van der Waals surface area (Å²) in [4.78, 5) is 0. The largest absolute Gasteiger partial charge is 0.309 e. The molecule has 1 nitrogen and oxygen atoms in total. The number of hydrogen-bond donors (Lipinski definition) is 1. The molecule has 0 amide bonds. The average Bonchev–Trinajstić information content (AvgIpc) is 2.41. The van der Waals surface area contributed by atoms with E-state index >= 15 is 0 Å². The Kier molecular flexibility index (Phi) is 2.94. The van der Waals surface area contributed by atoms with Crippen molar-refractivity contribution in [2.45, 2.75) is 25.7 Å². The van der Waals surface area contributed by atoms with E-state index in [0.29, 0.717) is 0 Å². The SMILES string of the molecule is N=C/C=C\C=C1CCCC1. The fourth-order valence-corrected chi connectivity index (χ4v) is 1.24. The molecule has 1 aliphatic rings. The molecule has 1 aliphatic carbocycles. The molecule has 0 aromatic rings. The second kappa shape index (κ2) is 4.04. The van der Waals surface area contributed by atoms with Crippen molar-refractivity contribution in [2.75, 3.05) is 0 Å². The number of nitrogens with one attached hydrogen (secondary N) is 1. The monoisotopic (exact) mass is 135 g/mol. The van der Waals surface area contributed by atoms with Crippen LogP contribution < -0.4 is 0 Å². The predicted molar refractivity (Wildman–Crippen MR) is 44.5 cm³/mol. The lowest BCUT2D eigenvalue weighted by Crippen LogP contribution is -1.68. The molecule has 1 rings (SSSR count). The summed E-state index contributed by atoms with van der Waals surface area (Å²) in [6.45, 7) is 0. The minimum atomic E-state index is 1.27. The second-order valence-electron chi connectivity index (χ2n) is 2.58. The zero-order chi connectivity index (χ0) is 7.23. The highest BCUT2D eigenvalue weighted by Gasteiger charge is 2.03. The van der Waals surface area contributed by atoms with Crippen LogP contribution in [0.3, 0.4) is 0 Å². The van der Waals surface area contributed by atoms with E-state index in [9.17, 15) is 0 Å². The molecule has 0 heterocycles. The van der Waals surface area contributed by atoms with Gasteiger partial charge in [-0.25, -0.2) is 0 Å². The van der Waals surface area contributed by atoms with Crippen LogP contribution in [0.2, 0.25) is 0 Å². The Labute approximate surface area is 62.0 Å². The van der Waals surface area contributed by atoms with E-state index < -0.39 is 0 Å². The molecule has 0 aromatic carbocycles. The molecule has 1 heteroatoms. The summed E-state index contributed by atoms with van der Waals surface area (Å²) < 4.78 is 0. The molecule has 0 radical (unpaired) electrons. The van der Waals surface area contributed by atoms with Gasteiger partial charge in [0.1, 0.15) is 0 Å². The third-order valence-electron chi connectivity index (χ3n) is 1.79. The van der Waals surface area contributed by atoms with Gasteiger partial charge in [-0.05, 0) is 31.8 Å². The van der Waals surface area contributed by atoms with E-state index in [2.05, 4.69) is 6.08 Å². The van der Waals surface area contributed by atoms with Crippen molar-refractivity contribution in [1.29, 1.82) is 5.41 Å². The standard InChI is InChI=1S/C9H13N/c10-8-4-3-7-9-5-1-2-6-9/h3-4,7-8,10H,1-2,5-6H2/b4-3-,10-8?. The summed E-state index contributed by atoms with van der Waals surface area (Å²) in [5.41, 5.74) is 1.54. The fourth-order valence-electron chi connectivity index (χ4n) is 1.24.